The van der Waals surface area contributed by atoms with Crippen LogP contribution in [0.15, 0.2) is 48.8 Å². The number of ether oxygens (including phenoxy) is 1. The normalized spacial score (nSPS) is 20.8. The van der Waals surface area contributed by atoms with Gasteiger partial charge < -0.3 is 20.7 Å². The number of anilines is 1. The SMILES string of the molecule is CC1CN(C(=O)C(N)c2ccc(C(=O)Nc3ccncc3)cc2)CC(C)O1. The van der Waals surface area contributed by atoms with E-state index in [0.29, 0.717) is 29.9 Å². The van der Waals surface area contributed by atoms with Crippen LogP contribution in [0.5, 0.6) is 0 Å². The Hall–Kier alpha value is -2.77. The summed E-state index contributed by atoms with van der Waals surface area (Å²) in [6.07, 6.45) is 3.20. The van der Waals surface area contributed by atoms with Crippen molar-refractivity contribution in [2.45, 2.75) is 32.1 Å². The Labute approximate surface area is 158 Å². The van der Waals surface area contributed by atoms with Crippen molar-refractivity contribution in [3.8, 4) is 0 Å². The zero-order valence-electron chi connectivity index (χ0n) is 15.5. The van der Waals surface area contributed by atoms with Gasteiger partial charge in [-0.05, 0) is 43.7 Å². The summed E-state index contributed by atoms with van der Waals surface area (Å²) in [6, 6.07) is 9.44. The fourth-order valence-electron chi connectivity index (χ4n) is 3.18. The second-order valence-electron chi connectivity index (χ2n) is 6.79. The highest BCUT2D eigenvalue weighted by atomic mass is 16.5. The van der Waals surface area contributed by atoms with E-state index in [4.69, 9.17) is 10.5 Å². The molecule has 0 aliphatic carbocycles. The molecule has 1 aliphatic rings. The van der Waals surface area contributed by atoms with E-state index >= 15 is 0 Å². The lowest BCUT2D eigenvalue weighted by Crippen LogP contribution is -2.50. The molecule has 7 heteroatoms. The minimum Gasteiger partial charge on any atom is -0.372 e. The summed E-state index contributed by atoms with van der Waals surface area (Å²) in [5.74, 6) is -0.366. The summed E-state index contributed by atoms with van der Waals surface area (Å²) in [5.41, 5.74) is 8.00. The lowest BCUT2D eigenvalue weighted by Gasteiger charge is -2.36. The van der Waals surface area contributed by atoms with Gasteiger partial charge in [0.1, 0.15) is 6.04 Å². The number of nitrogens with two attached hydrogens (primary N) is 1. The molecule has 0 spiro atoms. The van der Waals surface area contributed by atoms with Gasteiger partial charge in [-0.25, -0.2) is 0 Å². The highest BCUT2D eigenvalue weighted by molar-refractivity contribution is 6.04. The third-order valence-electron chi connectivity index (χ3n) is 4.47. The molecule has 2 aromatic rings. The van der Waals surface area contributed by atoms with E-state index in [1.165, 1.54) is 0 Å². The van der Waals surface area contributed by atoms with Crippen molar-refractivity contribution in [2.75, 3.05) is 18.4 Å². The fraction of sp³-hybridized carbons (Fsp3) is 0.350. The molecular weight excluding hydrogens is 344 g/mol. The standard InChI is InChI=1S/C20H24N4O3/c1-13-11-24(12-14(2)27-13)20(26)18(21)15-3-5-16(6-4-15)19(25)23-17-7-9-22-10-8-17/h3-10,13-14,18H,11-12,21H2,1-2H3,(H,22,23,25). The third kappa shape index (κ3) is 4.69. The number of morpholine rings is 1. The average molecular weight is 368 g/mol. The van der Waals surface area contributed by atoms with Gasteiger partial charge in [-0.3, -0.25) is 14.6 Å². The monoisotopic (exact) mass is 368 g/mol. The van der Waals surface area contributed by atoms with Crippen LogP contribution in [-0.4, -0.2) is 47.0 Å². The van der Waals surface area contributed by atoms with Gasteiger partial charge >= 0.3 is 0 Å². The maximum atomic E-state index is 12.7. The number of hydrogen-bond acceptors (Lipinski definition) is 5. The number of aromatic nitrogens is 1. The number of rotatable bonds is 4. The first-order valence-electron chi connectivity index (χ1n) is 8.95. The molecule has 1 saturated heterocycles. The van der Waals surface area contributed by atoms with Crippen LogP contribution in [0.2, 0.25) is 0 Å². The number of carbonyl (C=O) groups excluding carboxylic acids is 2. The van der Waals surface area contributed by atoms with E-state index in [2.05, 4.69) is 10.3 Å². The molecule has 0 saturated carbocycles. The molecule has 27 heavy (non-hydrogen) atoms. The maximum Gasteiger partial charge on any atom is 0.255 e. The Morgan fingerprint density at radius 3 is 2.30 bits per heavy atom. The molecule has 1 aliphatic heterocycles. The first-order chi connectivity index (χ1) is 12.9. The highest BCUT2D eigenvalue weighted by Gasteiger charge is 2.29. The Balaban J connectivity index is 1.65. The van der Waals surface area contributed by atoms with E-state index < -0.39 is 6.04 Å². The molecule has 2 amide bonds. The Bertz CT molecular complexity index is 785. The molecule has 3 rings (SSSR count). The van der Waals surface area contributed by atoms with Crippen molar-refractivity contribution in [1.29, 1.82) is 0 Å². The second kappa shape index (κ2) is 8.28. The largest absolute Gasteiger partial charge is 0.372 e. The van der Waals surface area contributed by atoms with Crippen LogP contribution in [-0.2, 0) is 9.53 Å². The summed E-state index contributed by atoms with van der Waals surface area (Å²) < 4.78 is 5.66. The van der Waals surface area contributed by atoms with E-state index in [1.807, 2.05) is 13.8 Å². The Morgan fingerprint density at radius 2 is 1.70 bits per heavy atom. The minimum absolute atomic E-state index is 0.0100. The van der Waals surface area contributed by atoms with Gasteiger partial charge in [0.05, 0.1) is 12.2 Å². The van der Waals surface area contributed by atoms with Gasteiger partial charge in [0.25, 0.3) is 5.91 Å². The van der Waals surface area contributed by atoms with E-state index in [-0.39, 0.29) is 24.0 Å². The van der Waals surface area contributed by atoms with Crippen LogP contribution in [0, 0.1) is 0 Å². The van der Waals surface area contributed by atoms with Crippen LogP contribution >= 0.6 is 0 Å². The topological polar surface area (TPSA) is 97.5 Å². The van der Waals surface area contributed by atoms with Gasteiger partial charge in [0, 0.05) is 36.7 Å². The lowest BCUT2D eigenvalue weighted by atomic mass is 10.0. The number of carbonyl (C=O) groups is 2. The predicted molar refractivity (Wildman–Crippen MR) is 102 cm³/mol. The molecule has 3 atom stereocenters. The van der Waals surface area contributed by atoms with Crippen molar-refractivity contribution in [3.05, 3.63) is 59.9 Å². The summed E-state index contributed by atoms with van der Waals surface area (Å²) in [4.78, 5) is 30.7. The van der Waals surface area contributed by atoms with Crippen LogP contribution < -0.4 is 11.1 Å². The van der Waals surface area contributed by atoms with Gasteiger partial charge in [-0.2, -0.15) is 0 Å². The molecule has 0 radical (unpaired) electrons. The van der Waals surface area contributed by atoms with Crippen molar-refractivity contribution in [3.63, 3.8) is 0 Å². The molecule has 3 N–H and O–H groups in total. The van der Waals surface area contributed by atoms with Gasteiger partial charge in [-0.1, -0.05) is 12.1 Å². The van der Waals surface area contributed by atoms with Crippen molar-refractivity contribution in [1.82, 2.24) is 9.88 Å². The van der Waals surface area contributed by atoms with E-state index in [0.717, 1.165) is 0 Å². The Kier molecular flexibility index (Phi) is 5.83. The molecule has 1 aromatic heterocycles. The lowest BCUT2D eigenvalue weighted by molar-refractivity contribution is -0.144. The number of benzene rings is 1. The average Bonchev–Trinajstić information content (AvgIpc) is 2.67. The predicted octanol–water partition coefficient (Wildman–Crippen LogP) is 1.97. The summed E-state index contributed by atoms with van der Waals surface area (Å²) in [5, 5.41) is 2.79. The number of amides is 2. The number of hydrogen-bond donors (Lipinski definition) is 2. The number of nitrogens with one attached hydrogen (secondary N) is 1. The summed E-state index contributed by atoms with van der Waals surface area (Å²) in [7, 11) is 0. The third-order valence-corrected chi connectivity index (χ3v) is 4.47. The van der Waals surface area contributed by atoms with Gasteiger partial charge in [0.2, 0.25) is 5.91 Å². The first kappa shape index (κ1) is 19.0. The van der Waals surface area contributed by atoms with E-state index in [1.54, 1.807) is 53.7 Å². The van der Waals surface area contributed by atoms with Crippen LogP contribution in [0.4, 0.5) is 5.69 Å². The van der Waals surface area contributed by atoms with Gasteiger partial charge in [-0.15, -0.1) is 0 Å². The van der Waals surface area contributed by atoms with Crippen LogP contribution in [0.25, 0.3) is 0 Å². The fourth-order valence-corrected chi connectivity index (χ4v) is 3.18. The summed E-state index contributed by atoms with van der Waals surface area (Å²) in [6.45, 7) is 4.95. The van der Waals surface area contributed by atoms with E-state index in [9.17, 15) is 9.59 Å². The molecule has 3 unspecified atom stereocenters. The zero-order valence-corrected chi connectivity index (χ0v) is 15.5. The molecule has 2 heterocycles. The first-order valence-corrected chi connectivity index (χ1v) is 8.95. The Morgan fingerprint density at radius 1 is 1.11 bits per heavy atom. The number of nitrogens with zero attached hydrogens (tertiary/aromatic N) is 2. The molecular formula is C20H24N4O3. The molecule has 1 fully saturated rings. The zero-order chi connectivity index (χ0) is 19.4. The molecule has 7 nitrogen and oxygen atoms in total. The quantitative estimate of drug-likeness (QED) is 0.860. The van der Waals surface area contributed by atoms with Crippen molar-refractivity contribution < 1.29 is 14.3 Å². The second-order valence-corrected chi connectivity index (χ2v) is 6.79. The van der Waals surface area contributed by atoms with Crippen molar-refractivity contribution >= 4 is 17.5 Å². The van der Waals surface area contributed by atoms with Crippen LogP contribution in [0.1, 0.15) is 35.8 Å². The summed E-state index contributed by atoms with van der Waals surface area (Å²) >= 11 is 0. The smallest absolute Gasteiger partial charge is 0.255 e. The van der Waals surface area contributed by atoms with Gasteiger partial charge in [0.15, 0.2) is 0 Å². The molecule has 142 valence electrons. The van der Waals surface area contributed by atoms with Crippen molar-refractivity contribution in [2.24, 2.45) is 5.73 Å². The molecule has 1 aromatic carbocycles. The maximum absolute atomic E-state index is 12.7. The minimum atomic E-state index is -0.764. The van der Waals surface area contributed by atoms with Crippen LogP contribution in [0.3, 0.4) is 0 Å². The number of pyridine rings is 1. The molecule has 0 bridgehead atoms. The highest BCUT2D eigenvalue weighted by Crippen LogP contribution is 2.19.